The molecule has 0 aliphatic heterocycles. The Kier molecular flexibility index (Phi) is 4.71. The molecule has 1 amide bonds. The zero-order valence-corrected chi connectivity index (χ0v) is 12.9. The highest BCUT2D eigenvalue weighted by atomic mass is 16.2. The zero-order valence-electron chi connectivity index (χ0n) is 12.9. The van der Waals surface area contributed by atoms with E-state index in [1.54, 1.807) is 6.07 Å². The Labute approximate surface area is 130 Å². The van der Waals surface area contributed by atoms with E-state index in [1.807, 2.05) is 0 Å². The van der Waals surface area contributed by atoms with Gasteiger partial charge >= 0.3 is 0 Å². The fourth-order valence-corrected chi connectivity index (χ4v) is 3.22. The molecule has 1 heterocycles. The van der Waals surface area contributed by atoms with Gasteiger partial charge in [0.05, 0.1) is 12.2 Å². The molecule has 118 valence electrons. The van der Waals surface area contributed by atoms with Crippen LogP contribution in [0, 0.1) is 5.92 Å². The Bertz CT molecular complexity index is 633. The van der Waals surface area contributed by atoms with Gasteiger partial charge in [0.2, 0.25) is 5.91 Å². The van der Waals surface area contributed by atoms with Crippen molar-refractivity contribution in [2.75, 3.05) is 6.54 Å². The summed E-state index contributed by atoms with van der Waals surface area (Å²) in [4.78, 5) is 24.1. The fraction of sp³-hybridized carbons (Fsp3) is 0.588. The van der Waals surface area contributed by atoms with Crippen LogP contribution in [0.3, 0.4) is 0 Å². The third-order valence-electron chi connectivity index (χ3n) is 4.54. The maximum atomic E-state index is 12.1. The molecule has 5 heteroatoms. The topological polar surface area (TPSA) is 64.0 Å². The maximum absolute atomic E-state index is 12.1. The molecule has 3 rings (SSSR count). The second-order valence-corrected chi connectivity index (χ2v) is 6.16. The minimum Gasteiger partial charge on any atom is -0.354 e. The summed E-state index contributed by atoms with van der Waals surface area (Å²) in [5.74, 6) is 0.175. The number of amides is 1. The number of rotatable bonds is 4. The van der Waals surface area contributed by atoms with Crippen LogP contribution in [0.4, 0.5) is 0 Å². The molecule has 0 spiro atoms. The van der Waals surface area contributed by atoms with Gasteiger partial charge in [-0.05, 0) is 50.5 Å². The molecule has 1 atom stereocenters. The highest BCUT2D eigenvalue weighted by molar-refractivity contribution is 5.78. The molecule has 1 N–H and O–H groups in total. The van der Waals surface area contributed by atoms with Crippen LogP contribution in [-0.2, 0) is 24.2 Å². The number of aryl methyl sites for hydroxylation is 2. The van der Waals surface area contributed by atoms with E-state index in [2.05, 4.69) is 22.6 Å². The number of aromatic nitrogens is 2. The summed E-state index contributed by atoms with van der Waals surface area (Å²) in [7, 11) is 0. The van der Waals surface area contributed by atoms with Crippen molar-refractivity contribution in [2.24, 2.45) is 5.92 Å². The van der Waals surface area contributed by atoms with E-state index in [9.17, 15) is 9.59 Å². The summed E-state index contributed by atoms with van der Waals surface area (Å²) in [6.07, 6.45) is 11.1. The predicted octanol–water partition coefficient (Wildman–Crippen LogP) is 1.59. The SMILES string of the molecule is O=C(NCCn1nc2c(cc1=O)CCCC2)C1CC=CCC1. The van der Waals surface area contributed by atoms with Gasteiger partial charge in [-0.3, -0.25) is 9.59 Å². The zero-order chi connectivity index (χ0) is 15.4. The third-order valence-corrected chi connectivity index (χ3v) is 4.54. The number of hydrogen-bond acceptors (Lipinski definition) is 3. The lowest BCUT2D eigenvalue weighted by molar-refractivity contribution is -0.125. The van der Waals surface area contributed by atoms with Gasteiger partial charge in [0.15, 0.2) is 0 Å². The number of carbonyl (C=O) groups excluding carboxylic acids is 1. The molecule has 22 heavy (non-hydrogen) atoms. The van der Waals surface area contributed by atoms with Gasteiger partial charge in [-0.15, -0.1) is 0 Å². The molecule has 1 unspecified atom stereocenters. The van der Waals surface area contributed by atoms with Crippen molar-refractivity contribution >= 4 is 5.91 Å². The Morgan fingerprint density at radius 1 is 1.32 bits per heavy atom. The molecule has 2 aliphatic rings. The first-order chi connectivity index (χ1) is 10.7. The highest BCUT2D eigenvalue weighted by Crippen LogP contribution is 2.18. The van der Waals surface area contributed by atoms with Crippen LogP contribution in [0.5, 0.6) is 0 Å². The van der Waals surface area contributed by atoms with Crippen LogP contribution in [0.2, 0.25) is 0 Å². The third kappa shape index (κ3) is 3.46. The van der Waals surface area contributed by atoms with Crippen molar-refractivity contribution in [3.05, 3.63) is 39.8 Å². The first-order valence-electron chi connectivity index (χ1n) is 8.26. The predicted molar refractivity (Wildman–Crippen MR) is 84.6 cm³/mol. The van der Waals surface area contributed by atoms with Crippen LogP contribution in [0.1, 0.15) is 43.4 Å². The molecule has 0 fully saturated rings. The maximum Gasteiger partial charge on any atom is 0.267 e. The molecule has 0 aromatic carbocycles. The number of allylic oxidation sites excluding steroid dienone is 2. The van der Waals surface area contributed by atoms with Crippen LogP contribution in [-0.4, -0.2) is 22.2 Å². The lowest BCUT2D eigenvalue weighted by Gasteiger charge is -2.18. The average molecular weight is 301 g/mol. The Morgan fingerprint density at radius 2 is 2.18 bits per heavy atom. The summed E-state index contributed by atoms with van der Waals surface area (Å²) in [5.41, 5.74) is 2.09. The summed E-state index contributed by atoms with van der Waals surface area (Å²) in [6.45, 7) is 0.908. The summed E-state index contributed by atoms with van der Waals surface area (Å²) in [6, 6.07) is 1.72. The standard InChI is InChI=1S/C17H23N3O2/c21-16-12-14-8-4-5-9-15(14)19-20(16)11-10-18-17(22)13-6-2-1-3-7-13/h1-2,12-13H,3-11H2,(H,18,22). The van der Waals surface area contributed by atoms with Crippen molar-refractivity contribution in [1.29, 1.82) is 0 Å². The molecule has 1 aromatic rings. The average Bonchev–Trinajstić information content (AvgIpc) is 2.56. The fourth-order valence-electron chi connectivity index (χ4n) is 3.22. The first kappa shape index (κ1) is 15.0. The summed E-state index contributed by atoms with van der Waals surface area (Å²) >= 11 is 0. The molecule has 2 aliphatic carbocycles. The highest BCUT2D eigenvalue weighted by Gasteiger charge is 2.18. The van der Waals surface area contributed by atoms with E-state index in [-0.39, 0.29) is 17.4 Å². The lowest BCUT2D eigenvalue weighted by atomic mass is 9.94. The lowest BCUT2D eigenvalue weighted by Crippen LogP contribution is -2.36. The summed E-state index contributed by atoms with van der Waals surface area (Å²) < 4.78 is 1.49. The molecule has 5 nitrogen and oxygen atoms in total. The Hall–Kier alpha value is -1.91. The largest absolute Gasteiger partial charge is 0.354 e. The molecule has 0 saturated heterocycles. The number of nitrogens with one attached hydrogen (secondary N) is 1. The number of nitrogens with zero attached hydrogens (tertiary/aromatic N) is 2. The van der Waals surface area contributed by atoms with Crippen LogP contribution in [0.25, 0.3) is 0 Å². The van der Waals surface area contributed by atoms with Crippen molar-refractivity contribution in [3.63, 3.8) is 0 Å². The van der Waals surface area contributed by atoms with Crippen LogP contribution >= 0.6 is 0 Å². The van der Waals surface area contributed by atoms with Crippen LogP contribution in [0.15, 0.2) is 23.0 Å². The Balaban J connectivity index is 1.56. The van der Waals surface area contributed by atoms with Gasteiger partial charge < -0.3 is 5.32 Å². The number of carbonyl (C=O) groups is 1. The second-order valence-electron chi connectivity index (χ2n) is 6.16. The smallest absolute Gasteiger partial charge is 0.267 e. The molecular weight excluding hydrogens is 278 g/mol. The molecule has 1 aromatic heterocycles. The normalized spacial score (nSPS) is 20.5. The monoisotopic (exact) mass is 301 g/mol. The molecular formula is C17H23N3O2. The van der Waals surface area contributed by atoms with Gasteiger partial charge in [-0.2, -0.15) is 5.10 Å². The van der Waals surface area contributed by atoms with Crippen LogP contribution < -0.4 is 10.9 Å². The number of fused-ring (bicyclic) bond motifs is 1. The van der Waals surface area contributed by atoms with E-state index in [1.165, 1.54) is 4.68 Å². The van der Waals surface area contributed by atoms with E-state index >= 15 is 0 Å². The van der Waals surface area contributed by atoms with Crippen molar-refractivity contribution in [3.8, 4) is 0 Å². The van der Waals surface area contributed by atoms with Gasteiger partial charge in [0, 0.05) is 18.5 Å². The van der Waals surface area contributed by atoms with E-state index in [0.29, 0.717) is 13.1 Å². The Morgan fingerprint density at radius 3 is 3.00 bits per heavy atom. The summed E-state index contributed by atoms with van der Waals surface area (Å²) in [5, 5.41) is 7.40. The van der Waals surface area contributed by atoms with Gasteiger partial charge in [0.1, 0.15) is 0 Å². The van der Waals surface area contributed by atoms with Gasteiger partial charge in [0.25, 0.3) is 5.56 Å². The van der Waals surface area contributed by atoms with Gasteiger partial charge in [-0.25, -0.2) is 4.68 Å². The number of hydrogen-bond donors (Lipinski definition) is 1. The van der Waals surface area contributed by atoms with Crippen molar-refractivity contribution in [2.45, 2.75) is 51.5 Å². The quantitative estimate of drug-likeness (QED) is 0.859. The molecule has 0 saturated carbocycles. The van der Waals surface area contributed by atoms with E-state index in [0.717, 1.165) is 56.2 Å². The molecule has 0 bridgehead atoms. The van der Waals surface area contributed by atoms with Gasteiger partial charge in [-0.1, -0.05) is 12.2 Å². The van der Waals surface area contributed by atoms with E-state index < -0.39 is 0 Å². The molecule has 0 radical (unpaired) electrons. The second kappa shape index (κ2) is 6.90. The minimum absolute atomic E-state index is 0.0597. The van der Waals surface area contributed by atoms with Crippen molar-refractivity contribution < 1.29 is 4.79 Å². The van der Waals surface area contributed by atoms with E-state index in [4.69, 9.17) is 0 Å². The first-order valence-corrected chi connectivity index (χ1v) is 8.26. The minimum atomic E-state index is -0.0597. The van der Waals surface area contributed by atoms with Crippen molar-refractivity contribution in [1.82, 2.24) is 15.1 Å².